The number of ether oxygens (including phenoxy) is 1. The van der Waals surface area contributed by atoms with Gasteiger partial charge >= 0.3 is 5.97 Å². The van der Waals surface area contributed by atoms with E-state index in [2.05, 4.69) is 5.32 Å². The lowest BCUT2D eigenvalue weighted by atomic mass is 10.0. The van der Waals surface area contributed by atoms with E-state index in [4.69, 9.17) is 9.84 Å². The maximum atomic E-state index is 11.6. The van der Waals surface area contributed by atoms with E-state index < -0.39 is 0 Å². The molecule has 0 saturated heterocycles. The molecule has 0 unspecified atom stereocenters. The molecule has 1 saturated carbocycles. The second-order valence-corrected chi connectivity index (χ2v) is 5.23. The van der Waals surface area contributed by atoms with Gasteiger partial charge in [0, 0.05) is 19.7 Å². The lowest BCUT2D eigenvalue weighted by molar-refractivity contribution is 0.0599. The molecule has 0 bridgehead atoms. The fraction of sp³-hybridized carbons (Fsp3) is 0.533. The molecule has 19 heavy (non-hydrogen) atoms. The summed E-state index contributed by atoms with van der Waals surface area (Å²) in [6, 6.07) is 7.47. The molecule has 4 nitrogen and oxygen atoms in total. The number of methoxy groups -OCH3 is 1. The van der Waals surface area contributed by atoms with Gasteiger partial charge in [-0.25, -0.2) is 4.79 Å². The van der Waals surface area contributed by atoms with Crippen molar-refractivity contribution < 1.29 is 14.6 Å². The Bertz CT molecular complexity index is 441. The molecule has 0 radical (unpaired) electrons. The normalized spacial score (nSPS) is 16.1. The molecular formula is C15H21NO3. The SMILES string of the molecule is COC(=O)c1ccccc1CNCC1(CCO)CC1. The van der Waals surface area contributed by atoms with E-state index >= 15 is 0 Å². The average Bonchev–Trinajstić information content (AvgIpc) is 3.19. The number of aliphatic hydroxyl groups excluding tert-OH is 1. The third kappa shape index (κ3) is 3.55. The topological polar surface area (TPSA) is 58.6 Å². The number of hydrogen-bond acceptors (Lipinski definition) is 4. The minimum atomic E-state index is -0.297. The van der Waals surface area contributed by atoms with Crippen molar-refractivity contribution in [1.82, 2.24) is 5.32 Å². The predicted molar refractivity (Wildman–Crippen MR) is 72.9 cm³/mol. The molecular weight excluding hydrogens is 242 g/mol. The van der Waals surface area contributed by atoms with Crippen molar-refractivity contribution in [3.8, 4) is 0 Å². The molecule has 0 heterocycles. The first-order chi connectivity index (χ1) is 9.21. The van der Waals surface area contributed by atoms with Crippen LogP contribution in [0, 0.1) is 5.41 Å². The van der Waals surface area contributed by atoms with E-state index in [9.17, 15) is 4.79 Å². The minimum Gasteiger partial charge on any atom is -0.465 e. The lowest BCUT2D eigenvalue weighted by Crippen LogP contribution is -2.25. The van der Waals surface area contributed by atoms with Crippen LogP contribution in [0.5, 0.6) is 0 Å². The van der Waals surface area contributed by atoms with Gasteiger partial charge in [0.1, 0.15) is 0 Å². The number of esters is 1. The van der Waals surface area contributed by atoms with Gasteiger partial charge in [-0.05, 0) is 36.3 Å². The highest BCUT2D eigenvalue weighted by Gasteiger charge is 2.41. The second-order valence-electron chi connectivity index (χ2n) is 5.23. The number of carbonyl (C=O) groups excluding carboxylic acids is 1. The number of benzene rings is 1. The molecule has 1 aliphatic rings. The molecule has 0 spiro atoms. The highest BCUT2D eigenvalue weighted by atomic mass is 16.5. The third-order valence-electron chi connectivity index (χ3n) is 3.84. The van der Waals surface area contributed by atoms with Crippen molar-refractivity contribution in [3.63, 3.8) is 0 Å². The van der Waals surface area contributed by atoms with Crippen molar-refractivity contribution in [2.24, 2.45) is 5.41 Å². The van der Waals surface area contributed by atoms with Crippen LogP contribution in [0.2, 0.25) is 0 Å². The maximum Gasteiger partial charge on any atom is 0.338 e. The fourth-order valence-corrected chi connectivity index (χ4v) is 2.37. The average molecular weight is 263 g/mol. The summed E-state index contributed by atoms with van der Waals surface area (Å²) < 4.78 is 4.78. The number of hydrogen-bond donors (Lipinski definition) is 2. The first kappa shape index (κ1) is 14.0. The van der Waals surface area contributed by atoms with Crippen LogP contribution in [0.3, 0.4) is 0 Å². The summed E-state index contributed by atoms with van der Waals surface area (Å²) in [5.41, 5.74) is 1.85. The van der Waals surface area contributed by atoms with E-state index in [1.807, 2.05) is 18.2 Å². The molecule has 1 aliphatic carbocycles. The van der Waals surface area contributed by atoms with Gasteiger partial charge < -0.3 is 15.2 Å². The number of aliphatic hydroxyl groups is 1. The lowest BCUT2D eigenvalue weighted by Gasteiger charge is -2.15. The van der Waals surface area contributed by atoms with Crippen molar-refractivity contribution in [1.29, 1.82) is 0 Å². The molecule has 0 aliphatic heterocycles. The Morgan fingerprint density at radius 1 is 1.42 bits per heavy atom. The first-order valence-corrected chi connectivity index (χ1v) is 6.68. The summed E-state index contributed by atoms with van der Waals surface area (Å²) in [5.74, 6) is -0.297. The fourth-order valence-electron chi connectivity index (χ4n) is 2.37. The summed E-state index contributed by atoms with van der Waals surface area (Å²) in [5, 5.41) is 12.4. The molecule has 4 heteroatoms. The van der Waals surface area contributed by atoms with Gasteiger partial charge in [-0.2, -0.15) is 0 Å². The largest absolute Gasteiger partial charge is 0.465 e. The van der Waals surface area contributed by atoms with Crippen molar-refractivity contribution >= 4 is 5.97 Å². The van der Waals surface area contributed by atoms with Crippen LogP contribution in [0.1, 0.15) is 35.2 Å². The molecule has 0 aromatic heterocycles. The van der Waals surface area contributed by atoms with Gasteiger partial charge in [-0.3, -0.25) is 0 Å². The van der Waals surface area contributed by atoms with Gasteiger partial charge in [0.15, 0.2) is 0 Å². The summed E-state index contributed by atoms with van der Waals surface area (Å²) >= 11 is 0. The maximum absolute atomic E-state index is 11.6. The Kier molecular flexibility index (Phi) is 4.56. The van der Waals surface area contributed by atoms with E-state index in [0.717, 1.165) is 18.5 Å². The minimum absolute atomic E-state index is 0.250. The van der Waals surface area contributed by atoms with Gasteiger partial charge in [0.25, 0.3) is 0 Å². The second kappa shape index (κ2) is 6.17. The summed E-state index contributed by atoms with van der Waals surface area (Å²) in [7, 11) is 1.40. The molecule has 2 N–H and O–H groups in total. The van der Waals surface area contributed by atoms with Crippen molar-refractivity contribution in [2.75, 3.05) is 20.3 Å². The van der Waals surface area contributed by atoms with E-state index in [0.29, 0.717) is 12.1 Å². The summed E-state index contributed by atoms with van der Waals surface area (Å²) in [4.78, 5) is 11.6. The zero-order valence-corrected chi connectivity index (χ0v) is 11.3. The molecule has 1 aromatic rings. The smallest absolute Gasteiger partial charge is 0.338 e. The quantitative estimate of drug-likeness (QED) is 0.736. The molecule has 0 amide bonds. The molecule has 1 aromatic carbocycles. The van der Waals surface area contributed by atoms with E-state index in [-0.39, 0.29) is 18.0 Å². The van der Waals surface area contributed by atoms with Crippen LogP contribution in [-0.2, 0) is 11.3 Å². The van der Waals surface area contributed by atoms with E-state index in [1.165, 1.54) is 20.0 Å². The molecule has 2 rings (SSSR count). The van der Waals surface area contributed by atoms with Crippen LogP contribution in [0.25, 0.3) is 0 Å². The van der Waals surface area contributed by atoms with Gasteiger partial charge in [0.05, 0.1) is 12.7 Å². The monoisotopic (exact) mass is 263 g/mol. The Morgan fingerprint density at radius 3 is 2.79 bits per heavy atom. The number of rotatable bonds is 7. The Balaban J connectivity index is 1.91. The van der Waals surface area contributed by atoms with Crippen LogP contribution in [-0.4, -0.2) is 31.3 Å². The highest BCUT2D eigenvalue weighted by molar-refractivity contribution is 5.90. The van der Waals surface area contributed by atoms with Crippen LogP contribution in [0.15, 0.2) is 24.3 Å². The zero-order chi connectivity index (χ0) is 13.7. The molecule has 1 fully saturated rings. The zero-order valence-electron chi connectivity index (χ0n) is 11.3. The predicted octanol–water partition coefficient (Wildman–Crippen LogP) is 1.73. The summed E-state index contributed by atoms with van der Waals surface area (Å²) in [6.45, 7) is 1.79. The summed E-state index contributed by atoms with van der Waals surface area (Å²) in [6.07, 6.45) is 3.22. The number of nitrogens with one attached hydrogen (secondary N) is 1. The Labute approximate surface area is 113 Å². The van der Waals surface area contributed by atoms with E-state index in [1.54, 1.807) is 6.07 Å². The van der Waals surface area contributed by atoms with Crippen LogP contribution in [0.4, 0.5) is 0 Å². The van der Waals surface area contributed by atoms with Crippen LogP contribution < -0.4 is 5.32 Å². The highest BCUT2D eigenvalue weighted by Crippen LogP contribution is 2.47. The third-order valence-corrected chi connectivity index (χ3v) is 3.84. The molecule has 104 valence electrons. The Hall–Kier alpha value is -1.39. The molecule has 0 atom stereocenters. The van der Waals surface area contributed by atoms with Crippen molar-refractivity contribution in [2.45, 2.75) is 25.8 Å². The van der Waals surface area contributed by atoms with Gasteiger partial charge in [-0.1, -0.05) is 18.2 Å². The Morgan fingerprint density at radius 2 is 2.16 bits per heavy atom. The van der Waals surface area contributed by atoms with Crippen LogP contribution >= 0.6 is 0 Å². The standard InChI is InChI=1S/C15H21NO3/c1-19-14(18)13-5-3-2-4-12(13)10-16-11-15(6-7-15)8-9-17/h2-5,16-17H,6-11H2,1H3. The van der Waals surface area contributed by atoms with Gasteiger partial charge in [0.2, 0.25) is 0 Å². The van der Waals surface area contributed by atoms with Crippen molar-refractivity contribution in [3.05, 3.63) is 35.4 Å². The van der Waals surface area contributed by atoms with Gasteiger partial charge in [-0.15, -0.1) is 0 Å². The number of carbonyl (C=O) groups is 1. The first-order valence-electron chi connectivity index (χ1n) is 6.68.